The number of carbonyl (C=O) groups excluding carboxylic acids is 2. The number of allylic oxidation sites excluding steroid dienone is 7. The Kier molecular flexibility index (Phi) is 17.6. The fourth-order valence-corrected chi connectivity index (χ4v) is 4.49. The monoisotopic (exact) mass is 700 g/mol. The highest BCUT2D eigenvalue weighted by atomic mass is 16.6. The van der Waals surface area contributed by atoms with E-state index < -0.39 is 30.8 Å². The molecule has 0 spiro atoms. The van der Waals surface area contributed by atoms with E-state index in [0.29, 0.717) is 54.8 Å². The van der Waals surface area contributed by atoms with Crippen LogP contribution in [0.25, 0.3) is 12.2 Å². The number of benzene rings is 1. The quantitative estimate of drug-likeness (QED) is 0.0309. The number of aldehydes is 1. The minimum atomic E-state index is -2.16. The van der Waals surface area contributed by atoms with Crippen molar-refractivity contribution in [1.29, 1.82) is 0 Å². The lowest BCUT2D eigenvalue weighted by molar-refractivity contribution is -0.245. The van der Waals surface area contributed by atoms with Crippen LogP contribution in [0.1, 0.15) is 54.6 Å². The Balaban J connectivity index is 0.000000655. The molecule has 0 saturated carbocycles. The number of fused-ring (bicyclic) bond motifs is 1. The van der Waals surface area contributed by atoms with Gasteiger partial charge in [-0.3, -0.25) is 4.79 Å². The van der Waals surface area contributed by atoms with Gasteiger partial charge in [-0.2, -0.15) is 0 Å². The third-order valence-electron chi connectivity index (χ3n) is 7.00. The lowest BCUT2D eigenvalue weighted by atomic mass is 9.99. The zero-order chi connectivity index (χ0) is 37.2. The molecule has 3 rings (SSSR count). The number of rotatable bonds is 17. The Hall–Kier alpha value is -4.83. The van der Waals surface area contributed by atoms with Gasteiger partial charge in [0.1, 0.15) is 18.5 Å². The van der Waals surface area contributed by atoms with Gasteiger partial charge in [-0.1, -0.05) is 48.6 Å². The second kappa shape index (κ2) is 21.3. The highest BCUT2D eigenvalue weighted by Gasteiger charge is 2.28. The van der Waals surface area contributed by atoms with Crippen LogP contribution in [0.3, 0.4) is 0 Å². The molecule has 272 valence electrons. The first-order chi connectivity index (χ1) is 23.7. The maximum Gasteiger partial charge on any atom is 0.331 e. The largest absolute Gasteiger partial charge is 0.512 e. The van der Waals surface area contributed by atoms with Crippen molar-refractivity contribution in [3.8, 4) is 5.75 Å². The van der Waals surface area contributed by atoms with Crippen molar-refractivity contribution in [3.05, 3.63) is 100 Å². The van der Waals surface area contributed by atoms with Gasteiger partial charge >= 0.3 is 11.9 Å². The van der Waals surface area contributed by atoms with Crippen LogP contribution in [0.5, 0.6) is 5.75 Å². The number of esters is 1. The van der Waals surface area contributed by atoms with E-state index in [-0.39, 0.29) is 30.0 Å². The second-order valence-corrected chi connectivity index (χ2v) is 11.1. The highest BCUT2D eigenvalue weighted by Crippen LogP contribution is 2.29. The Morgan fingerprint density at radius 2 is 1.76 bits per heavy atom. The number of ether oxygens (including phenoxy) is 4. The lowest BCUT2D eigenvalue weighted by Gasteiger charge is -2.23. The summed E-state index contributed by atoms with van der Waals surface area (Å²) in [5, 5.41) is 65.2. The van der Waals surface area contributed by atoms with Crippen molar-refractivity contribution in [2.24, 2.45) is 0 Å². The van der Waals surface area contributed by atoms with E-state index in [1.54, 1.807) is 69.5 Å². The van der Waals surface area contributed by atoms with Crippen molar-refractivity contribution in [2.45, 2.75) is 64.0 Å². The average Bonchev–Trinajstić information content (AvgIpc) is 3.43. The third-order valence-corrected chi connectivity index (χ3v) is 7.00. The molecule has 1 aliphatic heterocycles. The lowest BCUT2D eigenvalue weighted by Crippen LogP contribution is -2.41. The van der Waals surface area contributed by atoms with E-state index in [1.165, 1.54) is 18.2 Å². The zero-order valence-corrected chi connectivity index (χ0v) is 27.9. The molecule has 0 radical (unpaired) electrons. The van der Waals surface area contributed by atoms with E-state index in [0.717, 1.165) is 17.2 Å². The van der Waals surface area contributed by atoms with Crippen molar-refractivity contribution < 1.29 is 69.1 Å². The van der Waals surface area contributed by atoms with Gasteiger partial charge < -0.3 is 54.7 Å². The highest BCUT2D eigenvalue weighted by molar-refractivity contribution is 5.89. The summed E-state index contributed by atoms with van der Waals surface area (Å²) >= 11 is 0. The number of aliphatic hydroxyl groups excluding tert-OH is 4. The molecule has 7 N–H and O–H groups in total. The number of phenolic OH excluding ortho intramolecular Hbond substituents is 1. The van der Waals surface area contributed by atoms with Crippen molar-refractivity contribution >= 4 is 30.4 Å². The number of aromatic hydroxyl groups is 1. The van der Waals surface area contributed by atoms with Gasteiger partial charge in [-0.05, 0) is 50.0 Å². The number of carboxylic acids is 1. The van der Waals surface area contributed by atoms with E-state index >= 15 is 0 Å². The summed E-state index contributed by atoms with van der Waals surface area (Å²) in [6.45, 7) is 3.59. The van der Waals surface area contributed by atoms with Crippen LogP contribution in [0, 0.1) is 0 Å². The molecule has 1 aromatic carbocycles. The molecule has 0 amide bonds. The van der Waals surface area contributed by atoms with Gasteiger partial charge in [-0.25, -0.2) is 9.59 Å². The SMILES string of the molecule is COCCC(=C/c1ccc(/C=C/C=C/C=C/C(=O)O)c(O)c1C=O)/C=C(\C)OCC(C)OC(O)C(O)C(O)O.O=C1C=C2C=C(O)CCC2O1. The van der Waals surface area contributed by atoms with Crippen molar-refractivity contribution in [3.63, 3.8) is 0 Å². The van der Waals surface area contributed by atoms with Crippen LogP contribution < -0.4 is 0 Å². The summed E-state index contributed by atoms with van der Waals surface area (Å²) in [6, 6.07) is 3.31. The summed E-state index contributed by atoms with van der Waals surface area (Å²) in [6.07, 6.45) is 10.7. The van der Waals surface area contributed by atoms with E-state index in [4.69, 9.17) is 39.4 Å². The number of hydrogen-bond donors (Lipinski definition) is 7. The third kappa shape index (κ3) is 14.3. The molecule has 1 heterocycles. The van der Waals surface area contributed by atoms with Gasteiger partial charge in [0, 0.05) is 36.8 Å². The molecule has 0 bridgehead atoms. The van der Waals surface area contributed by atoms with E-state index in [1.807, 2.05) is 0 Å². The fraction of sp³-hybridized carbons (Fsp3) is 0.361. The smallest absolute Gasteiger partial charge is 0.331 e. The number of methoxy groups -OCH3 is 1. The first kappa shape index (κ1) is 41.3. The molecule has 14 heteroatoms. The summed E-state index contributed by atoms with van der Waals surface area (Å²) in [5.41, 5.74) is 2.46. The maximum atomic E-state index is 11.8. The minimum absolute atomic E-state index is 0.0207. The van der Waals surface area contributed by atoms with Crippen molar-refractivity contribution in [2.75, 3.05) is 20.3 Å². The zero-order valence-electron chi connectivity index (χ0n) is 27.9. The molecule has 0 saturated heterocycles. The van der Waals surface area contributed by atoms with Gasteiger partial charge in [0.25, 0.3) is 0 Å². The van der Waals surface area contributed by atoms with Crippen LogP contribution in [-0.4, -0.2) is 105 Å². The van der Waals surface area contributed by atoms with Crippen molar-refractivity contribution in [1.82, 2.24) is 0 Å². The van der Waals surface area contributed by atoms with Gasteiger partial charge in [-0.15, -0.1) is 0 Å². The molecule has 1 aliphatic carbocycles. The number of carboxylic acid groups (broad SMARTS) is 1. The van der Waals surface area contributed by atoms with E-state index in [9.17, 15) is 29.7 Å². The summed E-state index contributed by atoms with van der Waals surface area (Å²) in [7, 11) is 1.54. The molecule has 4 unspecified atom stereocenters. The molecule has 2 aliphatic rings. The first-order valence-electron chi connectivity index (χ1n) is 15.5. The van der Waals surface area contributed by atoms with Gasteiger partial charge in [0.2, 0.25) is 0 Å². The minimum Gasteiger partial charge on any atom is -0.512 e. The fourth-order valence-electron chi connectivity index (χ4n) is 4.49. The van der Waals surface area contributed by atoms with Crippen LogP contribution in [0.2, 0.25) is 0 Å². The van der Waals surface area contributed by atoms with Gasteiger partial charge in [0.15, 0.2) is 25.0 Å². The molecule has 0 fully saturated rings. The Morgan fingerprint density at radius 3 is 2.42 bits per heavy atom. The topological polar surface area (TPSA) is 230 Å². The number of hydrogen-bond acceptors (Lipinski definition) is 13. The number of aliphatic hydroxyl groups is 5. The standard InChI is InChI=1S/C28H36O11.C8H8O3/c1-18(38-17-19(2)39-28(36)26(33)27(34)35)14-20(12-13-37-3)15-22-11-10-21(25(32)23(22)16-29)8-6-4-5-7-9-24(30)31;9-6-1-2-7-5(3-6)4-8(10)11-7/h4-11,14-16,19,26-28,32-36H,12-13,17H2,1-3H3,(H,30,31);3-4,7,9H,1-2H2/b5-4+,8-6+,9-7+,18-14+,20-15-;. The molecule has 0 aromatic heterocycles. The molecule has 4 atom stereocenters. The summed E-state index contributed by atoms with van der Waals surface area (Å²) in [4.78, 5) is 33.0. The Morgan fingerprint density at radius 1 is 1.06 bits per heavy atom. The van der Waals surface area contributed by atoms with Crippen LogP contribution in [-0.2, 0) is 28.5 Å². The van der Waals surface area contributed by atoms with E-state index in [2.05, 4.69) is 0 Å². The van der Waals surface area contributed by atoms with Crippen LogP contribution >= 0.6 is 0 Å². The van der Waals surface area contributed by atoms with Crippen LogP contribution in [0.15, 0.2) is 83.4 Å². The maximum absolute atomic E-state index is 11.8. The summed E-state index contributed by atoms with van der Waals surface area (Å²) in [5.74, 6) is -0.777. The Labute approximate surface area is 289 Å². The number of phenols is 1. The van der Waals surface area contributed by atoms with Crippen LogP contribution in [0.4, 0.5) is 0 Å². The molecular formula is C36H44O14. The second-order valence-electron chi connectivity index (χ2n) is 11.1. The predicted molar refractivity (Wildman–Crippen MR) is 181 cm³/mol. The normalized spacial score (nSPS) is 18.3. The first-order valence-corrected chi connectivity index (χ1v) is 15.5. The predicted octanol–water partition coefficient (Wildman–Crippen LogP) is 3.22. The summed E-state index contributed by atoms with van der Waals surface area (Å²) < 4.78 is 20.8. The molecule has 50 heavy (non-hydrogen) atoms. The molecular weight excluding hydrogens is 656 g/mol. The molecule has 1 aromatic rings. The molecule has 14 nitrogen and oxygen atoms in total. The number of aliphatic carboxylic acids is 1. The number of carbonyl (C=O) groups is 3. The van der Waals surface area contributed by atoms with Gasteiger partial charge in [0.05, 0.1) is 29.8 Å². The Bertz CT molecular complexity index is 1530. The average molecular weight is 701 g/mol.